The summed E-state index contributed by atoms with van der Waals surface area (Å²) >= 11 is 0. The van der Waals surface area contributed by atoms with Gasteiger partial charge in [-0.15, -0.1) is 0 Å². The zero-order valence-electron chi connectivity index (χ0n) is 10.3. The van der Waals surface area contributed by atoms with Gasteiger partial charge < -0.3 is 16.2 Å². The topological polar surface area (TPSA) is 92.4 Å². The van der Waals surface area contributed by atoms with Crippen molar-refractivity contribution in [2.45, 2.75) is 57.5 Å². The molecular weight excluding hydrogens is 220 g/mol. The summed E-state index contributed by atoms with van der Waals surface area (Å²) < 4.78 is 0. The Morgan fingerprint density at radius 3 is 2.76 bits per heavy atom. The van der Waals surface area contributed by atoms with Crippen LogP contribution in [-0.2, 0) is 9.59 Å². The van der Waals surface area contributed by atoms with Crippen LogP contribution in [0.4, 0.5) is 0 Å². The number of rotatable bonds is 5. The maximum atomic E-state index is 11.7. The lowest BCUT2D eigenvalue weighted by Gasteiger charge is -2.28. The smallest absolute Gasteiger partial charge is 0.306 e. The highest BCUT2D eigenvalue weighted by Gasteiger charge is 2.28. The van der Waals surface area contributed by atoms with Gasteiger partial charge in [-0.25, -0.2) is 0 Å². The fraction of sp³-hybridized carbons (Fsp3) is 0.833. The second kappa shape index (κ2) is 6.59. The van der Waals surface area contributed by atoms with Gasteiger partial charge in [0.2, 0.25) is 5.91 Å². The Morgan fingerprint density at radius 2 is 2.18 bits per heavy atom. The largest absolute Gasteiger partial charge is 0.481 e. The molecule has 0 saturated heterocycles. The van der Waals surface area contributed by atoms with Crippen LogP contribution in [0.15, 0.2) is 0 Å². The van der Waals surface area contributed by atoms with Crippen molar-refractivity contribution in [1.82, 2.24) is 5.32 Å². The van der Waals surface area contributed by atoms with Gasteiger partial charge in [-0.05, 0) is 25.7 Å². The number of hydrogen-bond donors (Lipinski definition) is 3. The number of carbonyl (C=O) groups is 2. The van der Waals surface area contributed by atoms with Crippen molar-refractivity contribution in [1.29, 1.82) is 0 Å². The molecule has 5 nitrogen and oxygen atoms in total. The third-order valence-electron chi connectivity index (χ3n) is 3.31. The monoisotopic (exact) mass is 242 g/mol. The van der Waals surface area contributed by atoms with Crippen molar-refractivity contribution in [3.8, 4) is 0 Å². The molecule has 0 aliphatic heterocycles. The van der Waals surface area contributed by atoms with Gasteiger partial charge in [-0.2, -0.15) is 0 Å². The van der Waals surface area contributed by atoms with Gasteiger partial charge >= 0.3 is 5.97 Å². The minimum Gasteiger partial charge on any atom is -0.481 e. The first-order valence-electron chi connectivity index (χ1n) is 6.33. The van der Waals surface area contributed by atoms with Crippen LogP contribution in [0.5, 0.6) is 0 Å². The van der Waals surface area contributed by atoms with Crippen molar-refractivity contribution in [3.63, 3.8) is 0 Å². The molecule has 1 saturated carbocycles. The van der Waals surface area contributed by atoms with E-state index in [0.29, 0.717) is 19.3 Å². The van der Waals surface area contributed by atoms with E-state index in [4.69, 9.17) is 10.8 Å². The zero-order chi connectivity index (χ0) is 12.8. The lowest BCUT2D eigenvalue weighted by atomic mass is 9.85. The average Bonchev–Trinajstić information content (AvgIpc) is 2.29. The highest BCUT2D eigenvalue weighted by atomic mass is 16.4. The summed E-state index contributed by atoms with van der Waals surface area (Å²) in [4.78, 5) is 22.6. The number of carboxylic acid groups (broad SMARTS) is 1. The van der Waals surface area contributed by atoms with E-state index in [2.05, 4.69) is 5.32 Å². The van der Waals surface area contributed by atoms with Gasteiger partial charge in [0, 0.05) is 6.04 Å². The van der Waals surface area contributed by atoms with Gasteiger partial charge in [-0.3, -0.25) is 9.59 Å². The number of aliphatic carboxylic acids is 1. The maximum absolute atomic E-state index is 11.7. The molecule has 0 radical (unpaired) electrons. The number of carbonyl (C=O) groups excluding carboxylic acids is 1. The van der Waals surface area contributed by atoms with E-state index in [9.17, 15) is 9.59 Å². The summed E-state index contributed by atoms with van der Waals surface area (Å²) in [5, 5.41) is 11.8. The normalized spacial score (nSPS) is 26.2. The van der Waals surface area contributed by atoms with Crippen molar-refractivity contribution in [3.05, 3.63) is 0 Å². The quantitative estimate of drug-likeness (QED) is 0.667. The Balaban J connectivity index is 2.40. The van der Waals surface area contributed by atoms with Crippen molar-refractivity contribution >= 4 is 11.9 Å². The Morgan fingerprint density at radius 1 is 1.47 bits per heavy atom. The third-order valence-corrected chi connectivity index (χ3v) is 3.31. The van der Waals surface area contributed by atoms with Crippen LogP contribution in [0.25, 0.3) is 0 Å². The van der Waals surface area contributed by atoms with E-state index in [1.54, 1.807) is 0 Å². The fourth-order valence-corrected chi connectivity index (χ4v) is 2.30. The van der Waals surface area contributed by atoms with Gasteiger partial charge in [0.15, 0.2) is 0 Å². The van der Waals surface area contributed by atoms with Crippen LogP contribution in [-0.4, -0.2) is 29.1 Å². The molecule has 0 heterocycles. The van der Waals surface area contributed by atoms with Crippen LogP contribution < -0.4 is 11.1 Å². The summed E-state index contributed by atoms with van der Waals surface area (Å²) in [5.74, 6) is -1.24. The summed E-state index contributed by atoms with van der Waals surface area (Å²) in [5.41, 5.74) is 5.71. The Labute approximate surface area is 102 Å². The molecule has 0 spiro atoms. The highest BCUT2D eigenvalue weighted by Crippen LogP contribution is 2.24. The van der Waals surface area contributed by atoms with Crippen LogP contribution in [0.1, 0.15) is 45.4 Å². The average molecular weight is 242 g/mol. The van der Waals surface area contributed by atoms with Gasteiger partial charge in [0.1, 0.15) is 0 Å². The van der Waals surface area contributed by atoms with E-state index >= 15 is 0 Å². The summed E-state index contributed by atoms with van der Waals surface area (Å²) in [6.45, 7) is 1.98. The van der Waals surface area contributed by atoms with Crippen LogP contribution in [0.3, 0.4) is 0 Å². The molecule has 17 heavy (non-hydrogen) atoms. The molecule has 0 bridgehead atoms. The first-order chi connectivity index (χ1) is 8.04. The fourth-order valence-electron chi connectivity index (χ4n) is 2.30. The zero-order valence-corrected chi connectivity index (χ0v) is 10.3. The Bertz CT molecular complexity index is 281. The van der Waals surface area contributed by atoms with Crippen LogP contribution >= 0.6 is 0 Å². The molecule has 0 aromatic carbocycles. The third kappa shape index (κ3) is 4.34. The molecule has 1 fully saturated rings. The predicted octanol–water partition coefficient (Wildman–Crippen LogP) is 0.873. The molecule has 4 N–H and O–H groups in total. The molecule has 5 heteroatoms. The number of amides is 1. The molecule has 1 amide bonds. The molecule has 1 aliphatic rings. The standard InChI is InChI=1S/C12H22N2O3/c1-2-4-10(13)11(15)14-9-6-3-5-8(7-9)12(16)17/h8-10H,2-7,13H2,1H3,(H,14,15)(H,16,17). The van der Waals surface area contributed by atoms with Crippen LogP contribution in [0.2, 0.25) is 0 Å². The Kier molecular flexibility index (Phi) is 5.41. The van der Waals surface area contributed by atoms with Gasteiger partial charge in [0.05, 0.1) is 12.0 Å². The van der Waals surface area contributed by atoms with Crippen LogP contribution in [0, 0.1) is 5.92 Å². The van der Waals surface area contributed by atoms with E-state index < -0.39 is 12.0 Å². The highest BCUT2D eigenvalue weighted by molar-refractivity contribution is 5.81. The molecule has 98 valence electrons. The molecule has 1 rings (SSSR count). The molecule has 3 atom stereocenters. The molecule has 0 aromatic heterocycles. The van der Waals surface area contributed by atoms with E-state index in [-0.39, 0.29) is 17.9 Å². The predicted molar refractivity (Wildman–Crippen MR) is 64.4 cm³/mol. The maximum Gasteiger partial charge on any atom is 0.306 e. The number of nitrogens with one attached hydrogen (secondary N) is 1. The van der Waals surface area contributed by atoms with E-state index in [0.717, 1.165) is 19.3 Å². The van der Waals surface area contributed by atoms with E-state index in [1.165, 1.54) is 0 Å². The minimum atomic E-state index is -0.762. The Hall–Kier alpha value is -1.10. The number of hydrogen-bond acceptors (Lipinski definition) is 3. The number of carboxylic acids is 1. The first kappa shape index (κ1) is 14.0. The van der Waals surface area contributed by atoms with Crippen molar-refractivity contribution < 1.29 is 14.7 Å². The molecular formula is C12H22N2O3. The first-order valence-corrected chi connectivity index (χ1v) is 6.33. The summed E-state index contributed by atoms with van der Waals surface area (Å²) in [7, 11) is 0. The SMILES string of the molecule is CCCC(N)C(=O)NC1CCCC(C(=O)O)C1. The lowest BCUT2D eigenvalue weighted by Crippen LogP contribution is -2.47. The molecule has 1 aliphatic carbocycles. The van der Waals surface area contributed by atoms with Gasteiger partial charge in [0.25, 0.3) is 0 Å². The van der Waals surface area contributed by atoms with Crippen molar-refractivity contribution in [2.75, 3.05) is 0 Å². The second-order valence-electron chi connectivity index (χ2n) is 4.80. The summed E-state index contributed by atoms with van der Waals surface area (Å²) in [6.07, 6.45) is 4.49. The van der Waals surface area contributed by atoms with E-state index in [1.807, 2.05) is 6.92 Å². The minimum absolute atomic E-state index is 0.0275. The number of nitrogens with two attached hydrogens (primary N) is 1. The second-order valence-corrected chi connectivity index (χ2v) is 4.80. The van der Waals surface area contributed by atoms with Crippen molar-refractivity contribution in [2.24, 2.45) is 11.7 Å². The molecule has 3 unspecified atom stereocenters. The molecule has 0 aromatic rings. The van der Waals surface area contributed by atoms with Gasteiger partial charge in [-0.1, -0.05) is 19.8 Å². The summed E-state index contributed by atoms with van der Waals surface area (Å²) in [6, 6.07) is -0.495. The lowest BCUT2D eigenvalue weighted by molar-refractivity contribution is -0.143.